The minimum Gasteiger partial charge on any atom is -0.449 e. The lowest BCUT2D eigenvalue weighted by atomic mass is 10.1. The Morgan fingerprint density at radius 3 is 3.07 bits per heavy atom. The summed E-state index contributed by atoms with van der Waals surface area (Å²) in [5.41, 5.74) is 4.17. The number of rotatable bonds is 6. The summed E-state index contributed by atoms with van der Waals surface area (Å²) in [6, 6.07) is 8.22. The highest BCUT2D eigenvalue weighted by atomic mass is 16.6. The lowest BCUT2D eigenvalue weighted by molar-refractivity contribution is 0.100. The van der Waals surface area contributed by atoms with E-state index >= 15 is 0 Å². The molecule has 0 fully saturated rings. The molecule has 2 aliphatic rings. The standard InChI is InChI=1S/C19H21N9O2/c29-19(30-7-3-6-16-24-26-27-25-16)28-10-13-9-20-18(22-15(13)11-28)23-17-8-12-4-1-2-5-14(12)21-17/h1-2,4-5,9,17,21H,3,6-8,10-11H2,(H,20,22,23)(H,24,25,26,27). The number of hydrogen-bond acceptors (Lipinski definition) is 9. The van der Waals surface area contributed by atoms with Gasteiger partial charge in [0.15, 0.2) is 5.82 Å². The van der Waals surface area contributed by atoms with Gasteiger partial charge in [0.25, 0.3) is 0 Å². The van der Waals surface area contributed by atoms with Crippen molar-refractivity contribution in [3.63, 3.8) is 0 Å². The highest BCUT2D eigenvalue weighted by Crippen LogP contribution is 2.26. The third kappa shape index (κ3) is 3.86. The Labute approximate surface area is 172 Å². The molecule has 154 valence electrons. The number of H-pyrrole nitrogens is 1. The van der Waals surface area contributed by atoms with E-state index in [-0.39, 0.29) is 12.3 Å². The molecule has 11 heteroatoms. The van der Waals surface area contributed by atoms with Gasteiger partial charge in [0.2, 0.25) is 5.95 Å². The molecule has 4 heterocycles. The molecule has 5 rings (SSSR count). The quantitative estimate of drug-likeness (QED) is 0.519. The monoisotopic (exact) mass is 407 g/mol. The average molecular weight is 407 g/mol. The molecule has 2 aliphatic heterocycles. The fraction of sp³-hybridized carbons (Fsp3) is 0.368. The summed E-state index contributed by atoms with van der Waals surface area (Å²) in [5.74, 6) is 1.16. The molecule has 1 unspecified atom stereocenters. The fourth-order valence-electron chi connectivity index (χ4n) is 3.66. The maximum absolute atomic E-state index is 12.3. The number of carbonyl (C=O) groups excluding carboxylic acids is 1. The van der Waals surface area contributed by atoms with E-state index in [1.807, 2.05) is 12.1 Å². The SMILES string of the molecule is O=C(OCCCc1nn[nH]n1)N1Cc2cnc(NC3Cc4ccccc4N3)nc2C1. The number of hydrogen-bond donors (Lipinski definition) is 3. The fourth-order valence-corrected chi connectivity index (χ4v) is 3.66. The molecule has 1 atom stereocenters. The van der Waals surface area contributed by atoms with Crippen LogP contribution >= 0.6 is 0 Å². The van der Waals surface area contributed by atoms with Crippen molar-refractivity contribution in [2.45, 2.75) is 38.5 Å². The van der Waals surface area contributed by atoms with Crippen molar-refractivity contribution >= 4 is 17.7 Å². The van der Waals surface area contributed by atoms with Crippen LogP contribution in [0.5, 0.6) is 0 Å². The summed E-state index contributed by atoms with van der Waals surface area (Å²) in [4.78, 5) is 23.0. The maximum Gasteiger partial charge on any atom is 0.410 e. The summed E-state index contributed by atoms with van der Waals surface area (Å²) < 4.78 is 5.36. The molecule has 0 saturated carbocycles. The van der Waals surface area contributed by atoms with Gasteiger partial charge in [-0.05, 0) is 18.1 Å². The first-order chi connectivity index (χ1) is 14.7. The summed E-state index contributed by atoms with van der Waals surface area (Å²) in [5, 5.41) is 20.4. The minimum atomic E-state index is -0.358. The van der Waals surface area contributed by atoms with Crippen LogP contribution in [0.4, 0.5) is 16.4 Å². The Morgan fingerprint density at radius 1 is 1.27 bits per heavy atom. The minimum absolute atomic E-state index is 0.0436. The van der Waals surface area contributed by atoms with E-state index < -0.39 is 0 Å². The number of aromatic amines is 1. The smallest absolute Gasteiger partial charge is 0.410 e. The molecule has 2 aromatic heterocycles. The van der Waals surface area contributed by atoms with Crippen LogP contribution in [0.3, 0.4) is 0 Å². The Kier molecular flexibility index (Phi) is 4.83. The summed E-state index contributed by atoms with van der Waals surface area (Å²) in [6.45, 7) is 1.16. The molecule has 30 heavy (non-hydrogen) atoms. The number of anilines is 2. The van der Waals surface area contributed by atoms with Crippen molar-refractivity contribution in [2.24, 2.45) is 0 Å². The third-order valence-corrected chi connectivity index (χ3v) is 5.15. The van der Waals surface area contributed by atoms with E-state index in [2.05, 4.69) is 53.4 Å². The number of aryl methyl sites for hydroxylation is 1. The molecule has 0 saturated heterocycles. The second kappa shape index (κ2) is 7.93. The lowest BCUT2D eigenvalue weighted by Crippen LogP contribution is -2.27. The van der Waals surface area contributed by atoms with Gasteiger partial charge in [-0.25, -0.2) is 14.8 Å². The zero-order valence-corrected chi connectivity index (χ0v) is 16.2. The number of amides is 1. The van der Waals surface area contributed by atoms with Crippen molar-refractivity contribution < 1.29 is 9.53 Å². The van der Waals surface area contributed by atoms with E-state index in [0.717, 1.165) is 23.4 Å². The molecule has 3 aromatic rings. The van der Waals surface area contributed by atoms with Crippen molar-refractivity contribution in [3.05, 3.63) is 53.1 Å². The van der Waals surface area contributed by atoms with Crippen LogP contribution in [0.2, 0.25) is 0 Å². The van der Waals surface area contributed by atoms with E-state index in [4.69, 9.17) is 4.74 Å². The van der Waals surface area contributed by atoms with E-state index in [0.29, 0.717) is 44.3 Å². The Hall–Kier alpha value is -3.76. The molecule has 0 bridgehead atoms. The normalized spacial score (nSPS) is 16.7. The molecular weight excluding hydrogens is 386 g/mol. The predicted octanol–water partition coefficient (Wildman–Crippen LogP) is 1.48. The number of nitrogens with zero attached hydrogens (tertiary/aromatic N) is 6. The summed E-state index contributed by atoms with van der Waals surface area (Å²) in [6.07, 6.45) is 3.56. The first kappa shape index (κ1) is 18.3. The van der Waals surface area contributed by atoms with Crippen molar-refractivity contribution in [3.8, 4) is 0 Å². The van der Waals surface area contributed by atoms with Gasteiger partial charge >= 0.3 is 6.09 Å². The number of fused-ring (bicyclic) bond motifs is 2. The maximum atomic E-state index is 12.3. The van der Waals surface area contributed by atoms with Crippen LogP contribution in [0.25, 0.3) is 0 Å². The summed E-state index contributed by atoms with van der Waals surface area (Å²) >= 11 is 0. The lowest BCUT2D eigenvalue weighted by Gasteiger charge is -2.14. The first-order valence-corrected chi connectivity index (χ1v) is 9.84. The van der Waals surface area contributed by atoms with Crippen LogP contribution in [0, 0.1) is 0 Å². The highest BCUT2D eigenvalue weighted by Gasteiger charge is 2.27. The number of ether oxygens (including phenoxy) is 1. The Bertz CT molecular complexity index is 1020. The van der Waals surface area contributed by atoms with Crippen LogP contribution in [0.1, 0.15) is 29.1 Å². The van der Waals surface area contributed by atoms with Crippen LogP contribution < -0.4 is 10.6 Å². The molecule has 1 amide bonds. The van der Waals surface area contributed by atoms with Gasteiger partial charge in [-0.1, -0.05) is 23.4 Å². The highest BCUT2D eigenvalue weighted by molar-refractivity contribution is 5.68. The van der Waals surface area contributed by atoms with Gasteiger partial charge in [-0.15, -0.1) is 10.2 Å². The molecule has 0 radical (unpaired) electrons. The van der Waals surface area contributed by atoms with Crippen molar-refractivity contribution in [1.29, 1.82) is 0 Å². The van der Waals surface area contributed by atoms with Crippen LogP contribution in [-0.2, 0) is 30.7 Å². The van der Waals surface area contributed by atoms with Crippen LogP contribution in [-0.4, -0.2) is 54.4 Å². The van der Waals surface area contributed by atoms with E-state index in [1.54, 1.807) is 11.1 Å². The molecule has 11 nitrogen and oxygen atoms in total. The molecule has 1 aromatic carbocycles. The first-order valence-electron chi connectivity index (χ1n) is 9.84. The number of para-hydroxylation sites is 1. The van der Waals surface area contributed by atoms with Crippen LogP contribution in [0.15, 0.2) is 30.5 Å². The van der Waals surface area contributed by atoms with Gasteiger partial charge in [-0.3, -0.25) is 4.90 Å². The second-order valence-corrected chi connectivity index (χ2v) is 7.27. The van der Waals surface area contributed by atoms with Gasteiger partial charge in [0, 0.05) is 30.3 Å². The van der Waals surface area contributed by atoms with Gasteiger partial charge in [0.05, 0.1) is 25.4 Å². The molecule has 0 aliphatic carbocycles. The zero-order chi connectivity index (χ0) is 20.3. The molecular formula is C19H21N9O2. The number of carbonyl (C=O) groups is 1. The van der Waals surface area contributed by atoms with Gasteiger partial charge in [0.1, 0.15) is 6.17 Å². The topological polar surface area (TPSA) is 134 Å². The van der Waals surface area contributed by atoms with Gasteiger partial charge < -0.3 is 15.4 Å². The number of tetrazole rings is 1. The number of aromatic nitrogens is 6. The summed E-state index contributed by atoms with van der Waals surface area (Å²) in [7, 11) is 0. The number of benzene rings is 1. The second-order valence-electron chi connectivity index (χ2n) is 7.27. The number of nitrogens with one attached hydrogen (secondary N) is 3. The Morgan fingerprint density at radius 2 is 2.20 bits per heavy atom. The molecule has 3 N–H and O–H groups in total. The average Bonchev–Trinajstić information content (AvgIpc) is 3.49. The van der Waals surface area contributed by atoms with E-state index in [1.165, 1.54) is 5.56 Å². The third-order valence-electron chi connectivity index (χ3n) is 5.15. The zero-order valence-electron chi connectivity index (χ0n) is 16.2. The van der Waals surface area contributed by atoms with E-state index in [9.17, 15) is 4.79 Å². The Balaban J connectivity index is 1.12. The van der Waals surface area contributed by atoms with Gasteiger partial charge in [-0.2, -0.15) is 5.21 Å². The van der Waals surface area contributed by atoms with Crippen molar-refractivity contribution in [2.75, 3.05) is 17.2 Å². The predicted molar refractivity (Wildman–Crippen MR) is 106 cm³/mol. The largest absolute Gasteiger partial charge is 0.449 e. The molecule has 0 spiro atoms. The van der Waals surface area contributed by atoms with Crippen molar-refractivity contribution in [1.82, 2.24) is 35.5 Å².